The van der Waals surface area contributed by atoms with Gasteiger partial charge in [-0.2, -0.15) is 5.26 Å². The number of nitrogens with one attached hydrogen (secondary N) is 1. The number of carbonyl (C=O) groups excluding carboxylic acids is 1. The first-order valence-electron chi connectivity index (χ1n) is 9.35. The van der Waals surface area contributed by atoms with E-state index in [1.54, 1.807) is 24.3 Å². The van der Waals surface area contributed by atoms with Gasteiger partial charge in [0, 0.05) is 11.1 Å². The van der Waals surface area contributed by atoms with Crippen LogP contribution in [-0.2, 0) is 0 Å². The Kier molecular flexibility index (Phi) is 5.31. The van der Waals surface area contributed by atoms with Crippen molar-refractivity contribution in [3.8, 4) is 34.3 Å². The van der Waals surface area contributed by atoms with Crippen LogP contribution < -0.4 is 10.1 Å². The molecule has 30 heavy (non-hydrogen) atoms. The molecule has 4 aromatic rings. The lowest BCUT2D eigenvalue weighted by Crippen LogP contribution is -2.13. The van der Waals surface area contributed by atoms with Gasteiger partial charge in [0.25, 0.3) is 5.91 Å². The maximum absolute atomic E-state index is 12.9. The molecule has 0 radical (unpaired) electrons. The van der Waals surface area contributed by atoms with Crippen molar-refractivity contribution in [3.63, 3.8) is 0 Å². The number of amides is 1. The number of nitrogens with zero attached hydrogens (tertiary/aromatic N) is 1. The van der Waals surface area contributed by atoms with E-state index in [1.165, 1.54) is 7.11 Å². The number of para-hydroxylation sites is 1. The van der Waals surface area contributed by atoms with Crippen molar-refractivity contribution in [2.24, 2.45) is 0 Å². The zero-order valence-electron chi connectivity index (χ0n) is 16.3. The van der Waals surface area contributed by atoms with Crippen LogP contribution in [0.15, 0.2) is 89.3 Å². The summed E-state index contributed by atoms with van der Waals surface area (Å²) in [6, 6.07) is 28.1. The molecule has 0 aliphatic rings. The van der Waals surface area contributed by atoms with Crippen LogP contribution in [0, 0.1) is 11.3 Å². The van der Waals surface area contributed by atoms with E-state index in [0.717, 1.165) is 11.1 Å². The van der Waals surface area contributed by atoms with Crippen molar-refractivity contribution in [2.75, 3.05) is 12.4 Å². The minimum atomic E-state index is -0.420. The largest absolute Gasteiger partial charge is 0.496 e. The number of hydrogen-bond donors (Lipinski definition) is 1. The molecule has 4 rings (SSSR count). The fraction of sp³-hybridized carbons (Fsp3) is 0.0400. The second kappa shape index (κ2) is 8.38. The third kappa shape index (κ3) is 3.54. The molecule has 0 spiro atoms. The Morgan fingerprint density at radius 3 is 2.13 bits per heavy atom. The van der Waals surface area contributed by atoms with E-state index < -0.39 is 5.91 Å². The van der Waals surface area contributed by atoms with Gasteiger partial charge in [0.05, 0.1) is 12.7 Å². The number of hydrogen-bond acceptors (Lipinski definition) is 4. The van der Waals surface area contributed by atoms with Crippen molar-refractivity contribution in [1.82, 2.24) is 0 Å². The summed E-state index contributed by atoms with van der Waals surface area (Å²) in [7, 11) is 1.50. The predicted octanol–water partition coefficient (Wildman–Crippen LogP) is 5.75. The average molecular weight is 394 g/mol. The van der Waals surface area contributed by atoms with E-state index in [4.69, 9.17) is 9.15 Å². The third-order valence-electron chi connectivity index (χ3n) is 4.70. The zero-order valence-corrected chi connectivity index (χ0v) is 16.3. The highest BCUT2D eigenvalue weighted by molar-refractivity contribution is 6.07. The molecule has 1 amide bonds. The van der Waals surface area contributed by atoms with Crippen LogP contribution in [0.1, 0.15) is 15.9 Å². The van der Waals surface area contributed by atoms with Crippen LogP contribution in [0.4, 0.5) is 5.88 Å². The molecule has 0 aliphatic carbocycles. The lowest BCUT2D eigenvalue weighted by atomic mass is 9.98. The standard InChI is InChI=1S/C25H18N2O3/c1-29-21-15-9-8-14-19(21)24(28)27-25-20(16-26)22(17-10-4-2-5-11-17)23(30-25)18-12-6-3-7-13-18/h2-15H,1H3,(H,27,28). The van der Waals surface area contributed by atoms with Crippen LogP contribution >= 0.6 is 0 Å². The first kappa shape index (κ1) is 19.0. The maximum atomic E-state index is 12.9. The van der Waals surface area contributed by atoms with Crippen LogP contribution in [0.2, 0.25) is 0 Å². The first-order valence-corrected chi connectivity index (χ1v) is 9.35. The molecule has 0 saturated carbocycles. The molecule has 0 bridgehead atoms. The smallest absolute Gasteiger partial charge is 0.261 e. The number of methoxy groups -OCH3 is 1. The first-order chi connectivity index (χ1) is 14.7. The third-order valence-corrected chi connectivity index (χ3v) is 4.70. The number of anilines is 1. The van der Waals surface area contributed by atoms with Gasteiger partial charge in [0.2, 0.25) is 5.88 Å². The molecule has 1 N–H and O–H groups in total. The summed E-state index contributed by atoms with van der Waals surface area (Å²) in [5, 5.41) is 12.7. The highest BCUT2D eigenvalue weighted by Gasteiger charge is 2.25. The number of nitriles is 1. The minimum Gasteiger partial charge on any atom is -0.496 e. The molecular weight excluding hydrogens is 376 g/mol. The van der Waals surface area contributed by atoms with Crippen LogP contribution in [0.5, 0.6) is 5.75 Å². The Morgan fingerprint density at radius 2 is 1.50 bits per heavy atom. The van der Waals surface area contributed by atoms with E-state index in [1.807, 2.05) is 60.7 Å². The lowest BCUT2D eigenvalue weighted by Gasteiger charge is -2.07. The van der Waals surface area contributed by atoms with Gasteiger partial charge in [-0.15, -0.1) is 0 Å². The van der Waals surface area contributed by atoms with Gasteiger partial charge >= 0.3 is 0 Å². The summed E-state index contributed by atoms with van der Waals surface area (Å²) >= 11 is 0. The molecule has 0 unspecified atom stereocenters. The highest BCUT2D eigenvalue weighted by atomic mass is 16.5. The van der Waals surface area contributed by atoms with Gasteiger partial charge in [-0.1, -0.05) is 72.8 Å². The van der Waals surface area contributed by atoms with Crippen molar-refractivity contribution < 1.29 is 13.9 Å². The molecular formula is C25H18N2O3. The number of carbonyl (C=O) groups is 1. The Labute approximate surface area is 174 Å². The quantitative estimate of drug-likeness (QED) is 0.468. The van der Waals surface area contributed by atoms with Gasteiger partial charge in [-0.3, -0.25) is 10.1 Å². The number of ether oxygens (including phenoxy) is 1. The van der Waals surface area contributed by atoms with Gasteiger partial charge in [-0.25, -0.2) is 0 Å². The summed E-state index contributed by atoms with van der Waals surface area (Å²) in [5.41, 5.74) is 2.89. The monoisotopic (exact) mass is 394 g/mol. The Morgan fingerprint density at radius 1 is 0.900 bits per heavy atom. The van der Waals surface area contributed by atoms with Crippen LogP contribution in [-0.4, -0.2) is 13.0 Å². The molecule has 1 heterocycles. The van der Waals surface area contributed by atoms with Gasteiger partial charge < -0.3 is 9.15 Å². The van der Waals surface area contributed by atoms with Crippen molar-refractivity contribution >= 4 is 11.8 Å². The summed E-state index contributed by atoms with van der Waals surface area (Å²) < 4.78 is 11.3. The maximum Gasteiger partial charge on any atom is 0.261 e. The van der Waals surface area contributed by atoms with Gasteiger partial charge in [0.1, 0.15) is 23.1 Å². The van der Waals surface area contributed by atoms with E-state index in [0.29, 0.717) is 22.6 Å². The molecule has 0 saturated heterocycles. The predicted molar refractivity (Wildman–Crippen MR) is 115 cm³/mol. The molecule has 0 fully saturated rings. The highest BCUT2D eigenvalue weighted by Crippen LogP contribution is 2.41. The Bertz CT molecular complexity index is 1220. The zero-order chi connectivity index (χ0) is 20.9. The van der Waals surface area contributed by atoms with Crippen molar-refractivity contribution in [3.05, 3.63) is 96.1 Å². The number of benzene rings is 3. The fourth-order valence-electron chi connectivity index (χ4n) is 3.30. The summed E-state index contributed by atoms with van der Waals surface area (Å²) in [5.74, 6) is 0.642. The van der Waals surface area contributed by atoms with Crippen molar-refractivity contribution in [1.29, 1.82) is 5.26 Å². The average Bonchev–Trinajstić information content (AvgIpc) is 3.18. The van der Waals surface area contributed by atoms with E-state index >= 15 is 0 Å². The van der Waals surface area contributed by atoms with Crippen LogP contribution in [0.3, 0.4) is 0 Å². The molecule has 146 valence electrons. The van der Waals surface area contributed by atoms with Crippen LogP contribution in [0.25, 0.3) is 22.5 Å². The minimum absolute atomic E-state index is 0.103. The van der Waals surface area contributed by atoms with E-state index in [2.05, 4.69) is 11.4 Å². The van der Waals surface area contributed by atoms with E-state index in [9.17, 15) is 10.1 Å². The lowest BCUT2D eigenvalue weighted by molar-refractivity contribution is 0.102. The Balaban J connectivity index is 1.84. The fourth-order valence-corrected chi connectivity index (χ4v) is 3.30. The topological polar surface area (TPSA) is 75.3 Å². The molecule has 1 aromatic heterocycles. The Hall–Kier alpha value is -4.30. The molecule has 5 nitrogen and oxygen atoms in total. The molecule has 0 aliphatic heterocycles. The summed E-state index contributed by atoms with van der Waals surface area (Å²) in [6.45, 7) is 0. The molecule has 5 heteroatoms. The number of furan rings is 1. The summed E-state index contributed by atoms with van der Waals surface area (Å²) in [6.07, 6.45) is 0. The summed E-state index contributed by atoms with van der Waals surface area (Å²) in [4.78, 5) is 12.9. The second-order valence-corrected chi connectivity index (χ2v) is 6.51. The SMILES string of the molecule is COc1ccccc1C(=O)Nc1oc(-c2ccccc2)c(-c2ccccc2)c1C#N. The van der Waals surface area contributed by atoms with Crippen molar-refractivity contribution in [2.45, 2.75) is 0 Å². The second-order valence-electron chi connectivity index (χ2n) is 6.51. The molecule has 0 atom stereocenters. The number of rotatable bonds is 5. The molecule has 3 aromatic carbocycles. The van der Waals surface area contributed by atoms with Gasteiger partial charge in [-0.05, 0) is 17.7 Å². The van der Waals surface area contributed by atoms with Gasteiger partial charge in [0.15, 0.2) is 0 Å². The normalized spacial score (nSPS) is 10.3. The van der Waals surface area contributed by atoms with E-state index in [-0.39, 0.29) is 11.4 Å².